The average molecular weight is 1020 g/mol. The highest BCUT2D eigenvalue weighted by Gasteiger charge is 2.18. The predicted molar refractivity (Wildman–Crippen MR) is 319 cm³/mol. The van der Waals surface area contributed by atoms with Crippen LogP contribution in [0.2, 0.25) is 0 Å². The monoisotopic (exact) mass is 1020 g/mol. The van der Waals surface area contributed by atoms with Crippen LogP contribution in [0.25, 0.3) is 0 Å². The lowest BCUT2D eigenvalue weighted by atomic mass is 10.0. The molecule has 0 aliphatic heterocycles. The standard InChI is InChI=1S/C67H125NO5/c1-3-5-7-9-11-13-15-17-19-20-28-32-35-39-43-47-51-55-59-65(70)64(63-69)68-66(71)60-56-52-48-44-40-36-33-29-26-24-22-21-23-25-27-30-34-38-42-46-50-54-58-62-73-67(72)61-57-53-49-45-41-37-31-18-16-14-12-10-8-6-4-2/h12,14,18,24,26,31,55,59,64-65,69-70H,3-11,13,15-17,19-23,25,27-30,32-54,56-58,60-63H2,1-2H3,(H,68,71)/b14-12-,26-24-,31-18-,59-55+. The van der Waals surface area contributed by atoms with Crippen molar-refractivity contribution < 1.29 is 24.5 Å². The second-order valence-electron chi connectivity index (χ2n) is 22.1. The van der Waals surface area contributed by atoms with Gasteiger partial charge in [0, 0.05) is 12.8 Å². The number of hydrogen-bond acceptors (Lipinski definition) is 5. The lowest BCUT2D eigenvalue weighted by molar-refractivity contribution is -0.143. The van der Waals surface area contributed by atoms with Gasteiger partial charge < -0.3 is 20.3 Å². The molecule has 2 atom stereocenters. The van der Waals surface area contributed by atoms with Crippen LogP contribution >= 0.6 is 0 Å². The van der Waals surface area contributed by atoms with Crippen LogP contribution in [0.15, 0.2) is 48.6 Å². The molecule has 0 saturated heterocycles. The number of ether oxygens (including phenoxy) is 1. The molecule has 0 spiro atoms. The van der Waals surface area contributed by atoms with E-state index in [1.54, 1.807) is 6.08 Å². The Morgan fingerprint density at radius 2 is 0.685 bits per heavy atom. The number of carbonyl (C=O) groups is 2. The lowest BCUT2D eigenvalue weighted by Gasteiger charge is -2.20. The summed E-state index contributed by atoms with van der Waals surface area (Å²) in [6, 6.07) is -0.634. The van der Waals surface area contributed by atoms with Crippen LogP contribution in [-0.2, 0) is 14.3 Å². The summed E-state index contributed by atoms with van der Waals surface area (Å²) in [6.07, 6.45) is 80.1. The average Bonchev–Trinajstić information content (AvgIpc) is 3.39. The molecule has 0 bridgehead atoms. The van der Waals surface area contributed by atoms with E-state index in [4.69, 9.17) is 4.74 Å². The maximum Gasteiger partial charge on any atom is 0.305 e. The molecule has 0 fully saturated rings. The Hall–Kier alpha value is -2.18. The first-order valence-electron chi connectivity index (χ1n) is 32.4. The van der Waals surface area contributed by atoms with Gasteiger partial charge in [0.2, 0.25) is 5.91 Å². The van der Waals surface area contributed by atoms with Crippen LogP contribution in [0.4, 0.5) is 0 Å². The molecular formula is C67H125NO5. The van der Waals surface area contributed by atoms with Gasteiger partial charge in [0.15, 0.2) is 0 Å². The Morgan fingerprint density at radius 3 is 1.08 bits per heavy atom. The fourth-order valence-corrected chi connectivity index (χ4v) is 9.84. The van der Waals surface area contributed by atoms with Gasteiger partial charge in [0.05, 0.1) is 25.4 Å². The number of aliphatic hydroxyl groups is 2. The molecular weight excluding hydrogens is 899 g/mol. The SMILES string of the molecule is CCCCC/C=C\C/C=C\CCCCCCCC(=O)OCCCCCCCCCCCCCC/C=C\CCCCCCCCCC(=O)NC(CO)C(O)/C=C/CCCCCCCCCCCCCCCCCC. The third-order valence-electron chi connectivity index (χ3n) is 14.8. The van der Waals surface area contributed by atoms with Crippen molar-refractivity contribution in [3.05, 3.63) is 48.6 Å². The van der Waals surface area contributed by atoms with Crippen molar-refractivity contribution >= 4 is 11.9 Å². The van der Waals surface area contributed by atoms with Crippen molar-refractivity contribution in [2.45, 2.75) is 353 Å². The third-order valence-corrected chi connectivity index (χ3v) is 14.8. The van der Waals surface area contributed by atoms with E-state index in [0.29, 0.717) is 19.4 Å². The van der Waals surface area contributed by atoms with Crippen molar-refractivity contribution in [1.29, 1.82) is 0 Å². The highest BCUT2D eigenvalue weighted by Crippen LogP contribution is 2.17. The van der Waals surface area contributed by atoms with Gasteiger partial charge in [0.25, 0.3) is 0 Å². The zero-order valence-corrected chi connectivity index (χ0v) is 48.9. The van der Waals surface area contributed by atoms with E-state index in [1.807, 2.05) is 6.08 Å². The van der Waals surface area contributed by atoms with Crippen molar-refractivity contribution in [1.82, 2.24) is 5.32 Å². The van der Waals surface area contributed by atoms with E-state index in [0.717, 1.165) is 57.8 Å². The fraction of sp³-hybridized carbons (Fsp3) is 0.851. The number of rotatable bonds is 60. The highest BCUT2D eigenvalue weighted by atomic mass is 16.5. The number of esters is 1. The molecule has 0 aliphatic carbocycles. The topological polar surface area (TPSA) is 95.9 Å². The molecule has 0 rings (SSSR count). The van der Waals surface area contributed by atoms with Gasteiger partial charge in [-0.1, -0.05) is 287 Å². The van der Waals surface area contributed by atoms with Gasteiger partial charge in [-0.05, 0) is 89.9 Å². The Kier molecular flexibility index (Phi) is 60.5. The molecule has 0 saturated carbocycles. The van der Waals surface area contributed by atoms with E-state index < -0.39 is 12.1 Å². The second-order valence-corrected chi connectivity index (χ2v) is 22.1. The first kappa shape index (κ1) is 70.8. The summed E-state index contributed by atoms with van der Waals surface area (Å²) < 4.78 is 5.48. The lowest BCUT2D eigenvalue weighted by Crippen LogP contribution is -2.45. The Balaban J connectivity index is 3.45. The number of allylic oxidation sites excluding steroid dienone is 7. The van der Waals surface area contributed by atoms with E-state index in [2.05, 4.69) is 55.6 Å². The molecule has 0 aromatic heterocycles. The van der Waals surface area contributed by atoms with Crippen molar-refractivity contribution in [2.75, 3.05) is 13.2 Å². The summed E-state index contributed by atoms with van der Waals surface area (Å²) in [6.45, 7) is 4.88. The van der Waals surface area contributed by atoms with E-state index in [1.165, 1.54) is 257 Å². The van der Waals surface area contributed by atoms with Crippen LogP contribution in [0.5, 0.6) is 0 Å². The summed E-state index contributed by atoms with van der Waals surface area (Å²) >= 11 is 0. The Morgan fingerprint density at radius 1 is 0.384 bits per heavy atom. The minimum absolute atomic E-state index is 0.00317. The molecule has 2 unspecified atom stereocenters. The predicted octanol–water partition coefficient (Wildman–Crippen LogP) is 20.5. The molecule has 0 aromatic carbocycles. The zero-order valence-electron chi connectivity index (χ0n) is 48.9. The fourth-order valence-electron chi connectivity index (χ4n) is 9.84. The Labute approximate surface area is 455 Å². The van der Waals surface area contributed by atoms with Crippen molar-refractivity contribution in [2.24, 2.45) is 0 Å². The number of amides is 1. The summed E-state index contributed by atoms with van der Waals surface area (Å²) in [5, 5.41) is 23.2. The van der Waals surface area contributed by atoms with Gasteiger partial charge in [-0.15, -0.1) is 0 Å². The second kappa shape index (κ2) is 62.4. The first-order chi connectivity index (χ1) is 36.0. The van der Waals surface area contributed by atoms with Crippen LogP contribution in [0.1, 0.15) is 341 Å². The van der Waals surface area contributed by atoms with Gasteiger partial charge in [-0.2, -0.15) is 0 Å². The quantitative estimate of drug-likeness (QED) is 0.0320. The maximum atomic E-state index is 12.5. The molecule has 1 amide bonds. The van der Waals surface area contributed by atoms with Crippen LogP contribution < -0.4 is 5.32 Å². The summed E-state index contributed by atoms with van der Waals surface area (Å²) in [4.78, 5) is 24.5. The number of carbonyl (C=O) groups excluding carboxylic acids is 2. The molecule has 6 nitrogen and oxygen atoms in total. The number of aliphatic hydroxyl groups excluding tert-OH is 2. The van der Waals surface area contributed by atoms with Crippen LogP contribution in [0, 0.1) is 0 Å². The molecule has 0 heterocycles. The van der Waals surface area contributed by atoms with Gasteiger partial charge in [0.1, 0.15) is 0 Å². The summed E-state index contributed by atoms with van der Waals surface area (Å²) in [7, 11) is 0. The smallest absolute Gasteiger partial charge is 0.305 e. The normalized spacial score (nSPS) is 12.9. The molecule has 3 N–H and O–H groups in total. The molecule has 428 valence electrons. The molecule has 0 radical (unpaired) electrons. The van der Waals surface area contributed by atoms with Gasteiger partial charge >= 0.3 is 5.97 Å². The number of hydrogen-bond donors (Lipinski definition) is 3. The van der Waals surface area contributed by atoms with Gasteiger partial charge in [-0.3, -0.25) is 9.59 Å². The van der Waals surface area contributed by atoms with Crippen molar-refractivity contribution in [3.63, 3.8) is 0 Å². The Bertz CT molecular complexity index is 1230. The summed E-state index contributed by atoms with van der Waals surface area (Å²) in [5.74, 6) is -0.0759. The summed E-state index contributed by atoms with van der Waals surface area (Å²) in [5.41, 5.74) is 0. The molecule has 6 heteroatoms. The van der Waals surface area contributed by atoms with Crippen LogP contribution in [0.3, 0.4) is 0 Å². The third kappa shape index (κ3) is 58.9. The number of nitrogens with one attached hydrogen (secondary N) is 1. The minimum atomic E-state index is -0.850. The zero-order chi connectivity index (χ0) is 52.9. The van der Waals surface area contributed by atoms with Crippen LogP contribution in [-0.4, -0.2) is 47.4 Å². The van der Waals surface area contributed by atoms with E-state index in [-0.39, 0.29) is 18.5 Å². The van der Waals surface area contributed by atoms with Crippen molar-refractivity contribution in [3.8, 4) is 0 Å². The number of unbranched alkanes of at least 4 members (excludes halogenated alkanes) is 43. The minimum Gasteiger partial charge on any atom is -0.466 e. The largest absolute Gasteiger partial charge is 0.466 e. The molecule has 0 aliphatic rings. The molecule has 0 aromatic rings. The van der Waals surface area contributed by atoms with E-state index >= 15 is 0 Å². The molecule has 73 heavy (non-hydrogen) atoms. The van der Waals surface area contributed by atoms with Gasteiger partial charge in [-0.25, -0.2) is 0 Å². The first-order valence-corrected chi connectivity index (χ1v) is 32.4. The highest BCUT2D eigenvalue weighted by molar-refractivity contribution is 5.76. The maximum absolute atomic E-state index is 12.5. The van der Waals surface area contributed by atoms with E-state index in [9.17, 15) is 19.8 Å².